The average molecular weight is 376 g/mol. The maximum absolute atomic E-state index is 13.1. The fourth-order valence-electron chi connectivity index (χ4n) is 4.15. The largest absolute Gasteiger partial charge is 0.467 e. The fraction of sp³-hybridized carbons (Fsp3) is 0.304. The van der Waals surface area contributed by atoms with Crippen molar-refractivity contribution in [3.63, 3.8) is 0 Å². The molecule has 1 amide bonds. The van der Waals surface area contributed by atoms with Gasteiger partial charge in [-0.1, -0.05) is 42.5 Å². The Hall–Kier alpha value is -3.08. The van der Waals surface area contributed by atoms with E-state index in [1.165, 1.54) is 12.7 Å². The first-order valence-corrected chi connectivity index (χ1v) is 9.68. The molecular weight excluding hydrogens is 352 g/mol. The van der Waals surface area contributed by atoms with Crippen molar-refractivity contribution in [1.82, 2.24) is 10.3 Å². The quantitative estimate of drug-likeness (QED) is 0.670. The molecular formula is C23H24N2O3. The first-order chi connectivity index (χ1) is 13.7. The minimum absolute atomic E-state index is 0.109. The van der Waals surface area contributed by atoms with Crippen molar-refractivity contribution < 1.29 is 14.3 Å². The van der Waals surface area contributed by atoms with E-state index in [0.29, 0.717) is 6.42 Å². The highest BCUT2D eigenvalue weighted by Crippen LogP contribution is 2.31. The van der Waals surface area contributed by atoms with Gasteiger partial charge in [0, 0.05) is 23.5 Å². The topological polar surface area (TPSA) is 71.2 Å². The van der Waals surface area contributed by atoms with Gasteiger partial charge in [-0.15, -0.1) is 0 Å². The highest BCUT2D eigenvalue weighted by molar-refractivity contribution is 5.90. The maximum Gasteiger partial charge on any atom is 0.328 e. The summed E-state index contributed by atoms with van der Waals surface area (Å²) in [6.45, 7) is 0. The molecule has 4 rings (SSSR count). The second-order valence-electron chi connectivity index (χ2n) is 7.29. The Morgan fingerprint density at radius 2 is 1.96 bits per heavy atom. The highest BCUT2D eigenvalue weighted by Gasteiger charge is 2.30. The van der Waals surface area contributed by atoms with Crippen LogP contribution >= 0.6 is 0 Å². The third-order valence-electron chi connectivity index (χ3n) is 5.59. The van der Waals surface area contributed by atoms with Crippen molar-refractivity contribution in [3.05, 3.63) is 71.4 Å². The van der Waals surface area contributed by atoms with Crippen LogP contribution in [0, 0.1) is 0 Å². The van der Waals surface area contributed by atoms with Crippen molar-refractivity contribution in [1.29, 1.82) is 0 Å². The van der Waals surface area contributed by atoms with Crippen molar-refractivity contribution in [2.75, 3.05) is 7.11 Å². The zero-order valence-electron chi connectivity index (χ0n) is 15.9. The van der Waals surface area contributed by atoms with E-state index in [9.17, 15) is 9.59 Å². The number of H-pyrrole nitrogens is 1. The number of carbonyl (C=O) groups excluding carboxylic acids is 2. The molecule has 0 aliphatic heterocycles. The molecule has 1 unspecified atom stereocenters. The van der Waals surface area contributed by atoms with Gasteiger partial charge in [0.05, 0.1) is 13.0 Å². The van der Waals surface area contributed by atoms with Gasteiger partial charge in [-0.05, 0) is 42.0 Å². The summed E-state index contributed by atoms with van der Waals surface area (Å²) in [5.74, 6) is -0.759. The average Bonchev–Trinajstić information content (AvgIpc) is 3.15. The van der Waals surface area contributed by atoms with Crippen LogP contribution in [0.25, 0.3) is 10.9 Å². The Morgan fingerprint density at radius 3 is 2.82 bits per heavy atom. The molecule has 1 heterocycles. The summed E-state index contributed by atoms with van der Waals surface area (Å²) in [6, 6.07) is 15.3. The fourth-order valence-corrected chi connectivity index (χ4v) is 4.15. The SMILES string of the molecule is COC(=O)[C@@H](Cc1c[nH]c2ccccc12)NC(=O)C1CCCc2ccccc21. The lowest BCUT2D eigenvalue weighted by Crippen LogP contribution is -2.45. The third-order valence-corrected chi connectivity index (χ3v) is 5.59. The predicted molar refractivity (Wildman–Crippen MR) is 108 cm³/mol. The zero-order valence-corrected chi connectivity index (χ0v) is 15.9. The zero-order chi connectivity index (χ0) is 19.5. The number of aromatic amines is 1. The van der Waals surface area contributed by atoms with E-state index >= 15 is 0 Å². The molecule has 0 saturated heterocycles. The van der Waals surface area contributed by atoms with Gasteiger partial charge in [-0.3, -0.25) is 4.79 Å². The van der Waals surface area contributed by atoms with Gasteiger partial charge in [-0.25, -0.2) is 4.79 Å². The summed E-state index contributed by atoms with van der Waals surface area (Å²) in [4.78, 5) is 28.7. The molecule has 1 aliphatic rings. The molecule has 3 aromatic rings. The number of nitrogens with one attached hydrogen (secondary N) is 2. The number of hydrogen-bond acceptors (Lipinski definition) is 3. The molecule has 0 spiro atoms. The monoisotopic (exact) mass is 376 g/mol. The Bertz CT molecular complexity index is 1010. The Kier molecular flexibility index (Phi) is 5.15. The molecule has 0 radical (unpaired) electrons. The molecule has 2 aromatic carbocycles. The lowest BCUT2D eigenvalue weighted by atomic mass is 9.82. The summed E-state index contributed by atoms with van der Waals surface area (Å²) in [7, 11) is 1.35. The number of amides is 1. The maximum atomic E-state index is 13.1. The summed E-state index contributed by atoms with van der Waals surface area (Å²) < 4.78 is 4.97. The first kappa shape index (κ1) is 18.3. The second-order valence-corrected chi connectivity index (χ2v) is 7.29. The number of hydrogen-bond donors (Lipinski definition) is 2. The van der Waals surface area contributed by atoms with E-state index in [0.717, 1.165) is 41.3 Å². The molecule has 28 heavy (non-hydrogen) atoms. The lowest BCUT2D eigenvalue weighted by Gasteiger charge is -2.26. The van der Waals surface area contributed by atoms with E-state index in [2.05, 4.69) is 16.4 Å². The number of methoxy groups -OCH3 is 1. The van der Waals surface area contributed by atoms with Gasteiger partial charge >= 0.3 is 5.97 Å². The molecule has 144 valence electrons. The predicted octanol–water partition coefficient (Wildman–Crippen LogP) is 3.49. The molecule has 0 bridgehead atoms. The first-order valence-electron chi connectivity index (χ1n) is 9.68. The van der Waals surface area contributed by atoms with Crippen molar-refractivity contribution in [2.45, 2.75) is 37.6 Å². The molecule has 5 nitrogen and oxygen atoms in total. The minimum Gasteiger partial charge on any atom is -0.467 e. The van der Waals surface area contributed by atoms with E-state index < -0.39 is 12.0 Å². The Morgan fingerprint density at radius 1 is 1.18 bits per heavy atom. The molecule has 0 saturated carbocycles. The number of fused-ring (bicyclic) bond motifs is 2. The molecule has 1 aromatic heterocycles. The number of ether oxygens (including phenoxy) is 1. The van der Waals surface area contributed by atoms with Crippen LogP contribution in [0.15, 0.2) is 54.7 Å². The summed E-state index contributed by atoms with van der Waals surface area (Å²) in [5, 5.41) is 4.00. The molecule has 2 atom stereocenters. The standard InChI is InChI=1S/C23H24N2O3/c1-28-23(27)21(13-16-14-24-20-12-5-4-10-18(16)20)25-22(26)19-11-6-8-15-7-2-3-9-17(15)19/h2-5,7,9-10,12,14,19,21,24H,6,8,11,13H2,1H3,(H,25,26)/t19?,21-/m1/s1. The Labute approximate surface area is 164 Å². The van der Waals surface area contributed by atoms with Crippen molar-refractivity contribution in [3.8, 4) is 0 Å². The van der Waals surface area contributed by atoms with Crippen LogP contribution in [0.1, 0.15) is 35.4 Å². The van der Waals surface area contributed by atoms with Crippen molar-refractivity contribution in [2.24, 2.45) is 0 Å². The number of aryl methyl sites for hydroxylation is 1. The van der Waals surface area contributed by atoms with Gasteiger partial charge in [-0.2, -0.15) is 0 Å². The van der Waals surface area contributed by atoms with E-state index in [1.54, 1.807) is 0 Å². The summed E-state index contributed by atoms with van der Waals surface area (Å²) in [6.07, 6.45) is 5.04. The number of para-hydroxylation sites is 1. The van der Waals surface area contributed by atoms with Gasteiger partial charge in [0.25, 0.3) is 0 Å². The van der Waals surface area contributed by atoms with E-state index in [1.807, 2.05) is 48.7 Å². The highest BCUT2D eigenvalue weighted by atomic mass is 16.5. The van der Waals surface area contributed by atoms with Crippen LogP contribution in [0.5, 0.6) is 0 Å². The van der Waals surface area contributed by atoms with E-state index in [4.69, 9.17) is 4.74 Å². The molecule has 2 N–H and O–H groups in total. The van der Waals surface area contributed by atoms with Crippen LogP contribution in [0.3, 0.4) is 0 Å². The van der Waals surface area contributed by atoms with Crippen LogP contribution in [-0.2, 0) is 27.2 Å². The van der Waals surface area contributed by atoms with E-state index in [-0.39, 0.29) is 11.8 Å². The normalized spacial score (nSPS) is 17.0. The number of aromatic nitrogens is 1. The van der Waals surface area contributed by atoms with Crippen LogP contribution in [0.4, 0.5) is 0 Å². The third kappa shape index (κ3) is 3.52. The van der Waals surface area contributed by atoms with Crippen LogP contribution in [-0.4, -0.2) is 30.0 Å². The number of rotatable bonds is 5. The number of carbonyl (C=O) groups is 2. The van der Waals surface area contributed by atoms with Crippen LogP contribution < -0.4 is 5.32 Å². The molecule has 1 aliphatic carbocycles. The second kappa shape index (κ2) is 7.89. The summed E-state index contributed by atoms with van der Waals surface area (Å²) >= 11 is 0. The smallest absolute Gasteiger partial charge is 0.328 e. The van der Waals surface area contributed by atoms with Gasteiger partial charge < -0.3 is 15.0 Å². The van der Waals surface area contributed by atoms with Gasteiger partial charge in [0.2, 0.25) is 5.91 Å². The summed E-state index contributed by atoms with van der Waals surface area (Å²) in [5.41, 5.74) is 4.28. The van der Waals surface area contributed by atoms with Gasteiger partial charge in [0.1, 0.15) is 6.04 Å². The number of esters is 1. The molecule has 0 fully saturated rings. The lowest BCUT2D eigenvalue weighted by molar-refractivity contribution is -0.145. The van der Waals surface area contributed by atoms with Gasteiger partial charge in [0.15, 0.2) is 0 Å². The Balaban J connectivity index is 1.56. The minimum atomic E-state index is -0.717. The molecule has 5 heteroatoms. The van der Waals surface area contributed by atoms with Crippen LogP contribution in [0.2, 0.25) is 0 Å². The van der Waals surface area contributed by atoms with Crippen molar-refractivity contribution >= 4 is 22.8 Å². The number of benzene rings is 2.